The molecule has 2 heterocycles. The largest absolute Gasteiger partial charge is 0.444 e. The van der Waals surface area contributed by atoms with E-state index in [1.807, 2.05) is 6.92 Å². The van der Waals surface area contributed by atoms with E-state index in [-0.39, 0.29) is 19.0 Å². The van der Waals surface area contributed by atoms with Gasteiger partial charge in [-0.15, -0.1) is 0 Å². The molecule has 1 aliphatic rings. The molecule has 2 atom stereocenters. The zero-order valence-electron chi connectivity index (χ0n) is 13.3. The van der Waals surface area contributed by atoms with Crippen LogP contribution in [0.25, 0.3) is 0 Å². The Morgan fingerprint density at radius 3 is 2.59 bits per heavy atom. The number of H-pyrrole nitrogens is 1. The SMILES string of the molecule is Cc1c[nH]cc1C(=O)N[C@@H]1CN(C(=O)OC(C)(C)C)C[C@H]1O. The monoisotopic (exact) mass is 309 g/mol. The number of aromatic nitrogens is 1. The van der Waals surface area contributed by atoms with Crippen LogP contribution in [-0.2, 0) is 4.74 Å². The molecule has 3 N–H and O–H groups in total. The molecule has 1 fully saturated rings. The first-order valence-corrected chi connectivity index (χ1v) is 7.27. The fourth-order valence-electron chi connectivity index (χ4n) is 2.34. The Kier molecular flexibility index (Phi) is 4.46. The normalized spacial score (nSPS) is 21.8. The van der Waals surface area contributed by atoms with Crippen molar-refractivity contribution in [2.45, 2.75) is 45.4 Å². The molecule has 0 bridgehead atoms. The molecule has 0 spiro atoms. The second-order valence-electron chi connectivity index (χ2n) is 6.58. The van der Waals surface area contributed by atoms with E-state index in [1.165, 1.54) is 4.90 Å². The molecule has 2 amide bonds. The Hall–Kier alpha value is -2.02. The van der Waals surface area contributed by atoms with E-state index < -0.39 is 23.8 Å². The number of aliphatic hydroxyl groups excluding tert-OH is 1. The quantitative estimate of drug-likeness (QED) is 0.760. The zero-order valence-corrected chi connectivity index (χ0v) is 13.3. The van der Waals surface area contributed by atoms with Crippen LogP contribution in [0.4, 0.5) is 4.79 Å². The molecule has 1 aliphatic heterocycles. The third-order valence-corrected chi connectivity index (χ3v) is 3.45. The number of carbonyl (C=O) groups is 2. The topological polar surface area (TPSA) is 94.7 Å². The summed E-state index contributed by atoms with van der Waals surface area (Å²) in [6, 6.07) is -0.505. The summed E-state index contributed by atoms with van der Waals surface area (Å²) in [4.78, 5) is 28.4. The van der Waals surface area contributed by atoms with Crippen LogP contribution >= 0.6 is 0 Å². The lowest BCUT2D eigenvalue weighted by molar-refractivity contribution is 0.0269. The molecule has 122 valence electrons. The number of aryl methyl sites for hydroxylation is 1. The van der Waals surface area contributed by atoms with Crippen molar-refractivity contribution in [3.8, 4) is 0 Å². The van der Waals surface area contributed by atoms with Gasteiger partial charge in [0.2, 0.25) is 0 Å². The first-order chi connectivity index (χ1) is 10.2. The summed E-state index contributed by atoms with van der Waals surface area (Å²) in [5, 5.41) is 12.8. The van der Waals surface area contributed by atoms with E-state index in [9.17, 15) is 14.7 Å². The maximum absolute atomic E-state index is 12.2. The molecule has 1 saturated heterocycles. The number of aromatic amines is 1. The number of amides is 2. The molecule has 0 aromatic carbocycles. The summed E-state index contributed by atoms with van der Waals surface area (Å²) in [6.45, 7) is 7.54. The molecule has 22 heavy (non-hydrogen) atoms. The molecule has 7 nitrogen and oxygen atoms in total. The molecular weight excluding hydrogens is 286 g/mol. The summed E-state index contributed by atoms with van der Waals surface area (Å²) in [7, 11) is 0. The Balaban J connectivity index is 1.95. The van der Waals surface area contributed by atoms with Crippen LogP contribution in [0.5, 0.6) is 0 Å². The van der Waals surface area contributed by atoms with E-state index in [0.29, 0.717) is 5.56 Å². The van der Waals surface area contributed by atoms with Gasteiger partial charge in [0.1, 0.15) is 5.60 Å². The third kappa shape index (κ3) is 3.79. The number of nitrogens with zero attached hydrogens (tertiary/aromatic N) is 1. The highest BCUT2D eigenvalue weighted by atomic mass is 16.6. The second kappa shape index (κ2) is 6.00. The molecule has 1 aromatic heterocycles. The minimum Gasteiger partial charge on any atom is -0.444 e. The van der Waals surface area contributed by atoms with Gasteiger partial charge in [0.25, 0.3) is 5.91 Å². The van der Waals surface area contributed by atoms with Crippen molar-refractivity contribution in [1.82, 2.24) is 15.2 Å². The molecule has 0 radical (unpaired) electrons. The van der Waals surface area contributed by atoms with E-state index in [0.717, 1.165) is 5.56 Å². The Bertz CT molecular complexity index is 561. The van der Waals surface area contributed by atoms with Gasteiger partial charge in [0, 0.05) is 18.9 Å². The standard InChI is InChI=1S/C15H23N3O4/c1-9-5-16-6-10(9)13(20)17-11-7-18(8-12(11)19)14(21)22-15(2,3)4/h5-6,11-12,16,19H,7-8H2,1-4H3,(H,17,20)/t11-,12-/m1/s1. The minimum absolute atomic E-state index is 0.145. The molecule has 7 heteroatoms. The van der Waals surface area contributed by atoms with Crippen molar-refractivity contribution in [1.29, 1.82) is 0 Å². The smallest absolute Gasteiger partial charge is 0.410 e. The molecule has 0 unspecified atom stereocenters. The number of rotatable bonds is 2. The average molecular weight is 309 g/mol. The molecule has 0 aliphatic carbocycles. The molecule has 2 rings (SSSR count). The maximum Gasteiger partial charge on any atom is 0.410 e. The molecule has 0 saturated carbocycles. The third-order valence-electron chi connectivity index (χ3n) is 3.45. The molecular formula is C15H23N3O4. The van der Waals surface area contributed by atoms with Crippen molar-refractivity contribution in [3.63, 3.8) is 0 Å². The number of hydrogen-bond donors (Lipinski definition) is 3. The number of carbonyl (C=O) groups excluding carboxylic acids is 2. The van der Waals surface area contributed by atoms with Crippen molar-refractivity contribution >= 4 is 12.0 Å². The van der Waals surface area contributed by atoms with E-state index >= 15 is 0 Å². The fourth-order valence-corrected chi connectivity index (χ4v) is 2.34. The lowest BCUT2D eigenvalue weighted by atomic mass is 10.1. The molecule has 1 aromatic rings. The van der Waals surface area contributed by atoms with E-state index in [2.05, 4.69) is 10.3 Å². The number of aliphatic hydroxyl groups is 1. The van der Waals surface area contributed by atoms with Gasteiger partial charge in [0.15, 0.2) is 0 Å². The summed E-state index contributed by atoms with van der Waals surface area (Å²) >= 11 is 0. The predicted molar refractivity (Wildman–Crippen MR) is 80.6 cm³/mol. The Morgan fingerprint density at radius 1 is 1.36 bits per heavy atom. The predicted octanol–water partition coefficient (Wildman–Crippen LogP) is 1.03. The highest BCUT2D eigenvalue weighted by molar-refractivity contribution is 5.95. The van der Waals surface area contributed by atoms with Crippen LogP contribution in [0, 0.1) is 6.92 Å². The highest BCUT2D eigenvalue weighted by Crippen LogP contribution is 2.16. The van der Waals surface area contributed by atoms with Gasteiger partial charge in [-0.1, -0.05) is 0 Å². The van der Waals surface area contributed by atoms with Crippen LogP contribution in [-0.4, -0.2) is 57.8 Å². The summed E-state index contributed by atoms with van der Waals surface area (Å²) in [6.07, 6.45) is 2.04. The lowest BCUT2D eigenvalue weighted by Crippen LogP contribution is -2.43. The number of hydrogen-bond acceptors (Lipinski definition) is 4. The van der Waals surface area contributed by atoms with Crippen molar-refractivity contribution in [3.05, 3.63) is 23.5 Å². The Labute approximate surface area is 129 Å². The van der Waals surface area contributed by atoms with Crippen LogP contribution in [0.3, 0.4) is 0 Å². The van der Waals surface area contributed by atoms with Gasteiger partial charge in [-0.2, -0.15) is 0 Å². The van der Waals surface area contributed by atoms with Crippen molar-refractivity contribution in [2.75, 3.05) is 13.1 Å². The van der Waals surface area contributed by atoms with Crippen LogP contribution in [0.1, 0.15) is 36.7 Å². The minimum atomic E-state index is -0.810. The van der Waals surface area contributed by atoms with E-state index in [4.69, 9.17) is 4.74 Å². The van der Waals surface area contributed by atoms with Gasteiger partial charge >= 0.3 is 6.09 Å². The maximum atomic E-state index is 12.2. The van der Waals surface area contributed by atoms with Gasteiger partial charge in [-0.05, 0) is 33.3 Å². The average Bonchev–Trinajstić information content (AvgIpc) is 2.94. The van der Waals surface area contributed by atoms with E-state index in [1.54, 1.807) is 33.2 Å². The lowest BCUT2D eigenvalue weighted by Gasteiger charge is -2.24. The number of β-amino-alcohol motifs (C(OH)–C–C–N with tert-alkyl or cyclic N) is 1. The van der Waals surface area contributed by atoms with Crippen LogP contribution in [0.2, 0.25) is 0 Å². The highest BCUT2D eigenvalue weighted by Gasteiger charge is 2.37. The summed E-state index contributed by atoms with van der Waals surface area (Å²) in [5.41, 5.74) is 0.767. The van der Waals surface area contributed by atoms with Crippen LogP contribution in [0.15, 0.2) is 12.4 Å². The summed E-state index contributed by atoms with van der Waals surface area (Å²) in [5.74, 6) is -0.270. The second-order valence-corrected chi connectivity index (χ2v) is 6.58. The first kappa shape index (κ1) is 16.4. The van der Waals surface area contributed by atoms with Gasteiger partial charge < -0.3 is 25.0 Å². The van der Waals surface area contributed by atoms with Gasteiger partial charge in [0.05, 0.1) is 24.3 Å². The Morgan fingerprint density at radius 2 is 2.05 bits per heavy atom. The fraction of sp³-hybridized carbons (Fsp3) is 0.600. The van der Waals surface area contributed by atoms with Crippen molar-refractivity contribution < 1.29 is 19.4 Å². The van der Waals surface area contributed by atoms with Gasteiger partial charge in [-0.25, -0.2) is 4.79 Å². The first-order valence-electron chi connectivity index (χ1n) is 7.27. The number of ether oxygens (including phenoxy) is 1. The zero-order chi connectivity index (χ0) is 16.5. The van der Waals surface area contributed by atoms with Gasteiger partial charge in [-0.3, -0.25) is 4.79 Å². The van der Waals surface area contributed by atoms with Crippen molar-refractivity contribution in [2.24, 2.45) is 0 Å². The number of likely N-dealkylation sites (tertiary alicyclic amines) is 1. The van der Waals surface area contributed by atoms with Crippen LogP contribution < -0.4 is 5.32 Å². The number of nitrogens with one attached hydrogen (secondary N) is 2. The summed E-state index contributed by atoms with van der Waals surface area (Å²) < 4.78 is 5.27.